The predicted octanol–water partition coefficient (Wildman–Crippen LogP) is 1.76. The molecule has 2 unspecified atom stereocenters. The van der Waals surface area contributed by atoms with Gasteiger partial charge >= 0.3 is 0 Å². The monoisotopic (exact) mass is 140 g/mol. The van der Waals surface area contributed by atoms with Gasteiger partial charge in [-0.1, -0.05) is 20.3 Å². The lowest BCUT2D eigenvalue weighted by Gasteiger charge is -2.25. The summed E-state index contributed by atoms with van der Waals surface area (Å²) in [7, 11) is 0. The van der Waals surface area contributed by atoms with E-state index in [0.717, 1.165) is 0 Å². The van der Waals surface area contributed by atoms with Crippen LogP contribution in [0, 0.1) is 11.8 Å². The molecule has 0 heterocycles. The Morgan fingerprint density at radius 3 is 2.10 bits per heavy atom. The first-order valence-corrected chi connectivity index (χ1v) is 4.03. The molecule has 2 nitrogen and oxygen atoms in total. The van der Waals surface area contributed by atoms with Crippen LogP contribution >= 0.6 is 0 Å². The average Bonchev–Trinajstić information content (AvgIpc) is 1.88. The first-order chi connectivity index (χ1) is 4.75. The molecule has 0 aromatic rings. The Balaban J connectivity index is 2.63. The average molecular weight is 140 g/mol. The van der Waals surface area contributed by atoms with Crippen LogP contribution in [0.2, 0.25) is 0 Å². The SMILES string of the molecule is CC1CCCC(C)C1=NN. The summed E-state index contributed by atoms with van der Waals surface area (Å²) in [6.45, 7) is 4.42. The maximum absolute atomic E-state index is 5.27. The van der Waals surface area contributed by atoms with Crippen molar-refractivity contribution in [1.82, 2.24) is 0 Å². The summed E-state index contributed by atoms with van der Waals surface area (Å²) in [6.07, 6.45) is 3.86. The number of hydrazone groups is 1. The van der Waals surface area contributed by atoms with E-state index in [4.69, 9.17) is 5.84 Å². The Kier molecular flexibility index (Phi) is 2.30. The summed E-state index contributed by atoms with van der Waals surface area (Å²) in [6, 6.07) is 0. The van der Waals surface area contributed by atoms with Gasteiger partial charge in [0.05, 0.1) is 0 Å². The van der Waals surface area contributed by atoms with Gasteiger partial charge in [0.1, 0.15) is 0 Å². The highest BCUT2D eigenvalue weighted by atomic mass is 15.1. The Hall–Kier alpha value is -0.530. The molecule has 2 N–H and O–H groups in total. The topological polar surface area (TPSA) is 38.4 Å². The number of rotatable bonds is 0. The molecule has 1 aliphatic rings. The molecule has 1 aliphatic carbocycles. The third kappa shape index (κ3) is 1.31. The highest BCUT2D eigenvalue weighted by molar-refractivity contribution is 5.88. The van der Waals surface area contributed by atoms with Crippen molar-refractivity contribution in [3.8, 4) is 0 Å². The van der Waals surface area contributed by atoms with Crippen LogP contribution < -0.4 is 5.84 Å². The van der Waals surface area contributed by atoms with Crippen LogP contribution in [0.15, 0.2) is 5.10 Å². The van der Waals surface area contributed by atoms with Gasteiger partial charge in [-0.05, 0) is 24.7 Å². The van der Waals surface area contributed by atoms with Gasteiger partial charge in [0.25, 0.3) is 0 Å². The summed E-state index contributed by atoms with van der Waals surface area (Å²) in [4.78, 5) is 0. The predicted molar refractivity (Wildman–Crippen MR) is 43.8 cm³/mol. The second-order valence-electron chi connectivity index (χ2n) is 3.29. The Bertz CT molecular complexity index is 128. The third-order valence-electron chi connectivity index (χ3n) is 2.43. The molecule has 0 bridgehead atoms. The fourth-order valence-corrected chi connectivity index (χ4v) is 1.77. The number of hydrogen-bond acceptors (Lipinski definition) is 2. The van der Waals surface area contributed by atoms with Crippen molar-refractivity contribution in [2.24, 2.45) is 22.8 Å². The van der Waals surface area contributed by atoms with Gasteiger partial charge in [-0.15, -0.1) is 0 Å². The lowest BCUT2D eigenvalue weighted by Crippen LogP contribution is -2.25. The summed E-state index contributed by atoms with van der Waals surface area (Å²) < 4.78 is 0. The molecular weight excluding hydrogens is 124 g/mol. The molecule has 1 fully saturated rings. The summed E-state index contributed by atoms with van der Waals surface area (Å²) in [5.74, 6) is 6.51. The van der Waals surface area contributed by atoms with E-state index in [-0.39, 0.29) is 0 Å². The smallest absolute Gasteiger partial charge is 0.0432 e. The Morgan fingerprint density at radius 1 is 1.30 bits per heavy atom. The van der Waals surface area contributed by atoms with Gasteiger partial charge in [-0.3, -0.25) is 0 Å². The molecule has 0 aliphatic heterocycles. The van der Waals surface area contributed by atoms with Crippen molar-refractivity contribution in [2.75, 3.05) is 0 Å². The summed E-state index contributed by atoms with van der Waals surface area (Å²) in [5, 5.41) is 3.83. The summed E-state index contributed by atoms with van der Waals surface area (Å²) in [5.41, 5.74) is 1.21. The van der Waals surface area contributed by atoms with Gasteiger partial charge in [0.15, 0.2) is 0 Å². The highest BCUT2D eigenvalue weighted by Crippen LogP contribution is 2.25. The molecule has 0 aromatic carbocycles. The molecular formula is C8H16N2. The minimum absolute atomic E-state index is 0.619. The zero-order valence-corrected chi connectivity index (χ0v) is 6.80. The highest BCUT2D eigenvalue weighted by Gasteiger charge is 2.21. The maximum atomic E-state index is 5.27. The fourth-order valence-electron chi connectivity index (χ4n) is 1.77. The first kappa shape index (κ1) is 7.58. The van der Waals surface area contributed by atoms with E-state index in [2.05, 4.69) is 18.9 Å². The molecule has 1 saturated carbocycles. The third-order valence-corrected chi connectivity index (χ3v) is 2.43. The molecule has 2 heteroatoms. The van der Waals surface area contributed by atoms with Crippen LogP contribution in [0.1, 0.15) is 33.1 Å². The molecule has 10 heavy (non-hydrogen) atoms. The van der Waals surface area contributed by atoms with Gasteiger partial charge in [-0.2, -0.15) is 5.10 Å². The van der Waals surface area contributed by atoms with Crippen molar-refractivity contribution >= 4 is 5.71 Å². The standard InChI is InChI=1S/C8H16N2/c1-6-4-3-5-7(2)8(6)10-9/h6-7H,3-5,9H2,1-2H3. The normalized spacial score (nSPS) is 34.0. The molecule has 0 spiro atoms. The quantitative estimate of drug-likeness (QED) is 0.404. The van der Waals surface area contributed by atoms with Gasteiger partial charge < -0.3 is 5.84 Å². The van der Waals surface area contributed by atoms with Crippen molar-refractivity contribution in [3.05, 3.63) is 0 Å². The van der Waals surface area contributed by atoms with Crippen LogP contribution in [0.4, 0.5) is 0 Å². The van der Waals surface area contributed by atoms with Crippen LogP contribution in [-0.4, -0.2) is 5.71 Å². The van der Waals surface area contributed by atoms with E-state index in [1.165, 1.54) is 25.0 Å². The second-order valence-corrected chi connectivity index (χ2v) is 3.29. The second kappa shape index (κ2) is 3.04. The van der Waals surface area contributed by atoms with Crippen molar-refractivity contribution in [1.29, 1.82) is 0 Å². The number of nitrogens with zero attached hydrogens (tertiary/aromatic N) is 1. The van der Waals surface area contributed by atoms with E-state index in [0.29, 0.717) is 11.8 Å². The van der Waals surface area contributed by atoms with Crippen LogP contribution in [0.5, 0.6) is 0 Å². The fraction of sp³-hybridized carbons (Fsp3) is 0.875. The number of nitrogens with two attached hydrogens (primary N) is 1. The minimum atomic E-state index is 0.619. The van der Waals surface area contributed by atoms with Gasteiger partial charge in [0, 0.05) is 5.71 Å². The zero-order chi connectivity index (χ0) is 7.56. The molecule has 0 saturated heterocycles. The van der Waals surface area contributed by atoms with Crippen molar-refractivity contribution < 1.29 is 0 Å². The van der Waals surface area contributed by atoms with Crippen LogP contribution in [-0.2, 0) is 0 Å². The van der Waals surface area contributed by atoms with Crippen molar-refractivity contribution in [3.63, 3.8) is 0 Å². The van der Waals surface area contributed by atoms with Crippen molar-refractivity contribution in [2.45, 2.75) is 33.1 Å². The number of hydrogen-bond donors (Lipinski definition) is 1. The molecule has 0 aromatic heterocycles. The van der Waals surface area contributed by atoms with E-state index >= 15 is 0 Å². The van der Waals surface area contributed by atoms with Crippen LogP contribution in [0.3, 0.4) is 0 Å². The van der Waals surface area contributed by atoms with Gasteiger partial charge in [0.2, 0.25) is 0 Å². The molecule has 0 radical (unpaired) electrons. The lowest BCUT2D eigenvalue weighted by atomic mass is 9.81. The van der Waals surface area contributed by atoms with E-state index in [1.807, 2.05) is 0 Å². The van der Waals surface area contributed by atoms with E-state index in [9.17, 15) is 0 Å². The van der Waals surface area contributed by atoms with E-state index in [1.54, 1.807) is 0 Å². The largest absolute Gasteiger partial charge is 0.323 e. The molecule has 58 valence electrons. The Morgan fingerprint density at radius 2 is 1.80 bits per heavy atom. The molecule has 2 atom stereocenters. The van der Waals surface area contributed by atoms with Gasteiger partial charge in [-0.25, -0.2) is 0 Å². The minimum Gasteiger partial charge on any atom is -0.323 e. The lowest BCUT2D eigenvalue weighted by molar-refractivity contribution is 0.485. The summed E-state index contributed by atoms with van der Waals surface area (Å²) >= 11 is 0. The molecule has 1 rings (SSSR count). The van der Waals surface area contributed by atoms with E-state index < -0.39 is 0 Å². The van der Waals surface area contributed by atoms with Crippen LogP contribution in [0.25, 0.3) is 0 Å². The zero-order valence-electron chi connectivity index (χ0n) is 6.80. The molecule has 0 amide bonds. The Labute approximate surface area is 62.5 Å². The first-order valence-electron chi connectivity index (χ1n) is 4.03. The maximum Gasteiger partial charge on any atom is 0.0432 e.